The molecule has 0 saturated carbocycles. The zero-order valence-electron chi connectivity index (χ0n) is 11.6. The number of nitrogens with one attached hydrogen (secondary N) is 1. The molecule has 102 valence electrons. The molecule has 0 fully saturated rings. The summed E-state index contributed by atoms with van der Waals surface area (Å²) in [5, 5.41) is 7.35. The van der Waals surface area contributed by atoms with Crippen LogP contribution in [0, 0.1) is 0 Å². The van der Waals surface area contributed by atoms with Crippen LogP contribution in [0.3, 0.4) is 0 Å². The lowest BCUT2D eigenvalue weighted by molar-refractivity contribution is 0.217. The summed E-state index contributed by atoms with van der Waals surface area (Å²) < 4.78 is 7.55. The van der Waals surface area contributed by atoms with Crippen LogP contribution in [0.1, 0.15) is 26.1 Å². The summed E-state index contributed by atoms with van der Waals surface area (Å²) in [6.07, 6.45) is 2.78. The Hall–Kier alpha value is -2.04. The van der Waals surface area contributed by atoms with Crippen LogP contribution in [-0.4, -0.2) is 20.9 Å². The van der Waals surface area contributed by atoms with Crippen LogP contribution in [0.5, 0.6) is 5.75 Å². The summed E-state index contributed by atoms with van der Waals surface area (Å²) in [5.41, 5.74) is 1.02. The molecule has 5 nitrogen and oxygen atoms in total. The Morgan fingerprint density at radius 1 is 1.42 bits per heavy atom. The van der Waals surface area contributed by atoms with E-state index < -0.39 is 0 Å². The Labute approximate surface area is 113 Å². The van der Waals surface area contributed by atoms with E-state index in [2.05, 4.69) is 29.2 Å². The van der Waals surface area contributed by atoms with Crippen LogP contribution in [0.4, 0.5) is 5.69 Å². The van der Waals surface area contributed by atoms with Crippen LogP contribution in [0.2, 0.25) is 0 Å². The zero-order valence-corrected chi connectivity index (χ0v) is 11.6. The summed E-state index contributed by atoms with van der Waals surface area (Å²) in [7, 11) is 1.88. The van der Waals surface area contributed by atoms with Gasteiger partial charge in [-0.2, -0.15) is 5.10 Å². The Morgan fingerprint density at radius 3 is 2.95 bits per heavy atom. The Morgan fingerprint density at radius 2 is 2.26 bits per heavy atom. The minimum atomic E-state index is 0.231. The highest BCUT2D eigenvalue weighted by Crippen LogP contribution is 2.19. The van der Waals surface area contributed by atoms with Gasteiger partial charge in [0.05, 0.1) is 12.6 Å². The van der Waals surface area contributed by atoms with E-state index in [1.54, 1.807) is 11.0 Å². The molecule has 1 N–H and O–H groups in total. The number of ether oxygens (including phenoxy) is 1. The maximum atomic E-state index is 5.79. The summed E-state index contributed by atoms with van der Waals surface area (Å²) in [4.78, 5) is 4.17. The second-order valence-corrected chi connectivity index (χ2v) is 4.52. The van der Waals surface area contributed by atoms with Gasteiger partial charge in [-0.15, -0.1) is 0 Å². The van der Waals surface area contributed by atoms with Gasteiger partial charge >= 0.3 is 0 Å². The Bertz CT molecular complexity index is 524. The second kappa shape index (κ2) is 6.22. The van der Waals surface area contributed by atoms with E-state index in [0.717, 1.165) is 23.7 Å². The number of nitrogens with zero attached hydrogens (tertiary/aromatic N) is 3. The van der Waals surface area contributed by atoms with Crippen molar-refractivity contribution in [2.75, 3.05) is 5.32 Å². The van der Waals surface area contributed by atoms with Crippen LogP contribution >= 0.6 is 0 Å². The van der Waals surface area contributed by atoms with Gasteiger partial charge in [-0.25, -0.2) is 4.98 Å². The number of aromatic nitrogens is 3. The van der Waals surface area contributed by atoms with Crippen molar-refractivity contribution in [3.63, 3.8) is 0 Å². The first-order chi connectivity index (χ1) is 9.19. The van der Waals surface area contributed by atoms with Crippen molar-refractivity contribution in [1.82, 2.24) is 14.8 Å². The molecular formula is C14H20N4O. The molecule has 1 aromatic heterocycles. The SMILES string of the molecule is CCC(C)Oc1cccc(NCc2ncnn2C)c1. The predicted molar refractivity (Wildman–Crippen MR) is 75.2 cm³/mol. The van der Waals surface area contributed by atoms with Gasteiger partial charge in [-0.3, -0.25) is 4.68 Å². The minimum absolute atomic E-state index is 0.231. The van der Waals surface area contributed by atoms with E-state index in [4.69, 9.17) is 4.74 Å². The number of aryl methyl sites for hydroxylation is 1. The molecule has 1 heterocycles. The smallest absolute Gasteiger partial charge is 0.145 e. The van der Waals surface area contributed by atoms with Crippen molar-refractivity contribution in [3.8, 4) is 5.75 Å². The van der Waals surface area contributed by atoms with E-state index in [1.807, 2.05) is 31.3 Å². The van der Waals surface area contributed by atoms with Gasteiger partial charge in [-0.05, 0) is 25.5 Å². The third kappa shape index (κ3) is 3.71. The number of hydrogen-bond acceptors (Lipinski definition) is 4. The third-order valence-corrected chi connectivity index (χ3v) is 3.00. The van der Waals surface area contributed by atoms with Gasteiger partial charge in [0.2, 0.25) is 0 Å². The fraction of sp³-hybridized carbons (Fsp3) is 0.429. The molecule has 0 aliphatic carbocycles. The largest absolute Gasteiger partial charge is 0.491 e. The van der Waals surface area contributed by atoms with Gasteiger partial charge in [0.15, 0.2) is 0 Å². The molecule has 1 unspecified atom stereocenters. The fourth-order valence-corrected chi connectivity index (χ4v) is 1.66. The van der Waals surface area contributed by atoms with E-state index in [9.17, 15) is 0 Å². The highest BCUT2D eigenvalue weighted by atomic mass is 16.5. The van der Waals surface area contributed by atoms with Crippen molar-refractivity contribution in [1.29, 1.82) is 0 Å². The molecule has 0 radical (unpaired) electrons. The summed E-state index contributed by atoms with van der Waals surface area (Å²) in [6.45, 7) is 4.82. The molecule has 2 aromatic rings. The number of hydrogen-bond donors (Lipinski definition) is 1. The first-order valence-corrected chi connectivity index (χ1v) is 6.52. The van der Waals surface area contributed by atoms with Crippen LogP contribution in [0.25, 0.3) is 0 Å². The molecule has 0 aliphatic rings. The van der Waals surface area contributed by atoms with Crippen molar-refractivity contribution in [2.45, 2.75) is 32.9 Å². The number of rotatable bonds is 6. The quantitative estimate of drug-likeness (QED) is 0.867. The summed E-state index contributed by atoms with van der Waals surface area (Å²) in [6, 6.07) is 7.97. The van der Waals surface area contributed by atoms with Crippen molar-refractivity contribution in [3.05, 3.63) is 36.4 Å². The number of benzene rings is 1. The Balaban J connectivity index is 1.97. The van der Waals surface area contributed by atoms with Gasteiger partial charge in [0.25, 0.3) is 0 Å². The first kappa shape index (κ1) is 13.4. The van der Waals surface area contributed by atoms with Crippen LogP contribution in [-0.2, 0) is 13.6 Å². The van der Waals surface area contributed by atoms with Crippen LogP contribution < -0.4 is 10.1 Å². The topological polar surface area (TPSA) is 52.0 Å². The molecule has 19 heavy (non-hydrogen) atoms. The van der Waals surface area contributed by atoms with Crippen molar-refractivity contribution in [2.24, 2.45) is 7.05 Å². The average Bonchev–Trinajstić information content (AvgIpc) is 2.82. The Kier molecular flexibility index (Phi) is 4.39. The number of anilines is 1. The van der Waals surface area contributed by atoms with Crippen molar-refractivity contribution >= 4 is 5.69 Å². The maximum Gasteiger partial charge on any atom is 0.145 e. The first-order valence-electron chi connectivity index (χ1n) is 6.52. The normalized spacial score (nSPS) is 12.2. The lowest BCUT2D eigenvalue weighted by Crippen LogP contribution is -2.10. The molecular weight excluding hydrogens is 240 g/mol. The van der Waals surface area contributed by atoms with Gasteiger partial charge in [-0.1, -0.05) is 13.0 Å². The molecule has 0 saturated heterocycles. The standard InChI is InChI=1S/C14H20N4O/c1-4-11(2)19-13-7-5-6-12(8-13)15-9-14-16-10-17-18(14)3/h5-8,10-11,15H,4,9H2,1-3H3. The molecule has 0 aliphatic heterocycles. The molecule has 0 spiro atoms. The van der Waals surface area contributed by atoms with E-state index in [0.29, 0.717) is 6.54 Å². The summed E-state index contributed by atoms with van der Waals surface area (Å²) in [5.74, 6) is 1.78. The molecule has 1 atom stereocenters. The van der Waals surface area contributed by atoms with Gasteiger partial charge < -0.3 is 10.1 Å². The molecule has 0 bridgehead atoms. The average molecular weight is 260 g/mol. The van der Waals surface area contributed by atoms with E-state index >= 15 is 0 Å². The highest BCUT2D eigenvalue weighted by Gasteiger charge is 2.03. The maximum absolute atomic E-state index is 5.79. The van der Waals surface area contributed by atoms with Crippen LogP contribution in [0.15, 0.2) is 30.6 Å². The van der Waals surface area contributed by atoms with E-state index in [-0.39, 0.29) is 6.10 Å². The molecule has 1 aromatic carbocycles. The zero-order chi connectivity index (χ0) is 13.7. The van der Waals surface area contributed by atoms with Gasteiger partial charge in [0.1, 0.15) is 17.9 Å². The lowest BCUT2D eigenvalue weighted by Gasteiger charge is -2.13. The molecule has 2 rings (SSSR count). The molecule has 0 amide bonds. The van der Waals surface area contributed by atoms with Gasteiger partial charge in [0, 0.05) is 18.8 Å². The molecule has 5 heteroatoms. The third-order valence-electron chi connectivity index (χ3n) is 3.00. The van der Waals surface area contributed by atoms with E-state index in [1.165, 1.54) is 0 Å². The summed E-state index contributed by atoms with van der Waals surface area (Å²) >= 11 is 0. The fourth-order valence-electron chi connectivity index (χ4n) is 1.66. The second-order valence-electron chi connectivity index (χ2n) is 4.52. The lowest BCUT2D eigenvalue weighted by atomic mass is 10.2. The highest BCUT2D eigenvalue weighted by molar-refractivity contribution is 5.48. The monoisotopic (exact) mass is 260 g/mol. The minimum Gasteiger partial charge on any atom is -0.491 e. The predicted octanol–water partition coefficient (Wildman–Crippen LogP) is 2.60. The van der Waals surface area contributed by atoms with Crippen molar-refractivity contribution < 1.29 is 4.74 Å².